The van der Waals surface area contributed by atoms with Crippen molar-refractivity contribution in [3.8, 4) is 0 Å². The van der Waals surface area contributed by atoms with Crippen molar-refractivity contribution in [3.05, 3.63) is 22.3 Å². The molecule has 0 amide bonds. The molecule has 0 saturated carbocycles. The lowest BCUT2D eigenvalue weighted by Crippen LogP contribution is -2.32. The lowest BCUT2D eigenvalue weighted by molar-refractivity contribution is 0.0695. The number of halogens is 1. The number of pyridine rings is 1. The topological polar surface area (TPSA) is 62.7 Å². The van der Waals surface area contributed by atoms with Crippen LogP contribution in [0.1, 0.15) is 23.7 Å². The van der Waals surface area contributed by atoms with Gasteiger partial charge < -0.3 is 14.7 Å². The second kappa shape index (κ2) is 5.67. The minimum absolute atomic E-state index is 0.0830. The molecule has 1 aromatic heterocycles. The molecule has 1 N–H and O–H groups in total. The van der Waals surface area contributed by atoms with Gasteiger partial charge in [0.05, 0.1) is 6.10 Å². The Morgan fingerprint density at radius 2 is 2.44 bits per heavy atom. The number of anilines is 1. The molecule has 1 fully saturated rings. The predicted octanol–water partition coefficient (Wildman–Crippen LogP) is 2.16. The Hall–Kier alpha value is -1.14. The molecule has 98 valence electrons. The van der Waals surface area contributed by atoms with Crippen LogP contribution < -0.4 is 4.90 Å². The summed E-state index contributed by atoms with van der Waals surface area (Å²) < 4.78 is 6.22. The standard InChI is InChI=1S/C12H15BrN2O3/c1-8-7-15(3-2-4-18-8)11-10(12(16)17)5-9(13)6-14-11/h5-6,8H,2-4,7H2,1H3,(H,16,17). The van der Waals surface area contributed by atoms with Crippen molar-refractivity contribution in [2.45, 2.75) is 19.4 Å². The number of carbonyl (C=O) groups is 1. The Kier molecular flexibility index (Phi) is 4.19. The number of ether oxygens (including phenoxy) is 1. The van der Waals surface area contributed by atoms with Gasteiger partial charge in [-0.25, -0.2) is 9.78 Å². The number of aromatic nitrogens is 1. The van der Waals surface area contributed by atoms with E-state index in [1.165, 1.54) is 0 Å². The Bertz CT molecular complexity index is 453. The van der Waals surface area contributed by atoms with Gasteiger partial charge in [-0.05, 0) is 35.3 Å². The first-order valence-corrected chi connectivity index (χ1v) is 6.62. The van der Waals surface area contributed by atoms with Gasteiger partial charge in [-0.15, -0.1) is 0 Å². The highest BCUT2D eigenvalue weighted by molar-refractivity contribution is 9.10. The molecule has 5 nitrogen and oxygen atoms in total. The monoisotopic (exact) mass is 314 g/mol. The third-order valence-corrected chi connectivity index (χ3v) is 3.25. The molecule has 0 aromatic carbocycles. The fraction of sp³-hybridized carbons (Fsp3) is 0.500. The Morgan fingerprint density at radius 3 is 3.17 bits per heavy atom. The third kappa shape index (κ3) is 3.00. The maximum Gasteiger partial charge on any atom is 0.339 e. The summed E-state index contributed by atoms with van der Waals surface area (Å²) in [5.41, 5.74) is 0.221. The van der Waals surface area contributed by atoms with Crippen LogP contribution in [0.3, 0.4) is 0 Å². The Morgan fingerprint density at radius 1 is 1.67 bits per heavy atom. The molecule has 6 heteroatoms. The first-order chi connectivity index (χ1) is 8.58. The van der Waals surface area contributed by atoms with Gasteiger partial charge in [0.15, 0.2) is 0 Å². The highest BCUT2D eigenvalue weighted by atomic mass is 79.9. The van der Waals surface area contributed by atoms with Crippen molar-refractivity contribution < 1.29 is 14.6 Å². The quantitative estimate of drug-likeness (QED) is 0.906. The average Bonchev–Trinajstić information content (AvgIpc) is 2.53. The zero-order valence-electron chi connectivity index (χ0n) is 10.1. The van der Waals surface area contributed by atoms with Gasteiger partial charge in [0, 0.05) is 30.4 Å². The summed E-state index contributed by atoms with van der Waals surface area (Å²) in [4.78, 5) is 17.5. The van der Waals surface area contributed by atoms with Crippen LogP contribution in [-0.2, 0) is 4.74 Å². The fourth-order valence-electron chi connectivity index (χ4n) is 2.03. The zero-order valence-corrected chi connectivity index (χ0v) is 11.7. The van der Waals surface area contributed by atoms with Crippen molar-refractivity contribution in [2.24, 2.45) is 0 Å². The molecule has 2 rings (SSSR count). The highest BCUT2D eigenvalue weighted by Gasteiger charge is 2.21. The maximum absolute atomic E-state index is 11.3. The molecule has 1 aliphatic heterocycles. The smallest absolute Gasteiger partial charge is 0.339 e. The molecular formula is C12H15BrN2O3. The number of carboxylic acids is 1. The second-order valence-corrected chi connectivity index (χ2v) is 5.23. The minimum atomic E-state index is -0.961. The molecule has 2 heterocycles. The van der Waals surface area contributed by atoms with E-state index in [1.54, 1.807) is 12.3 Å². The normalized spacial score (nSPS) is 20.6. The lowest BCUT2D eigenvalue weighted by Gasteiger charge is -2.24. The van der Waals surface area contributed by atoms with E-state index in [0.29, 0.717) is 23.4 Å². The van der Waals surface area contributed by atoms with Crippen LogP contribution in [0.5, 0.6) is 0 Å². The van der Waals surface area contributed by atoms with Gasteiger partial charge in [-0.3, -0.25) is 0 Å². The number of hydrogen-bond acceptors (Lipinski definition) is 4. The summed E-state index contributed by atoms with van der Waals surface area (Å²) >= 11 is 3.25. The van der Waals surface area contributed by atoms with Crippen LogP contribution in [0, 0.1) is 0 Å². The van der Waals surface area contributed by atoms with E-state index in [-0.39, 0.29) is 11.7 Å². The molecule has 1 unspecified atom stereocenters. The van der Waals surface area contributed by atoms with E-state index in [4.69, 9.17) is 4.74 Å². The molecule has 1 saturated heterocycles. The number of aromatic carboxylic acids is 1. The van der Waals surface area contributed by atoms with E-state index in [9.17, 15) is 9.90 Å². The molecule has 0 radical (unpaired) electrons. The van der Waals surface area contributed by atoms with Crippen molar-refractivity contribution in [1.82, 2.24) is 4.98 Å². The molecular weight excluding hydrogens is 300 g/mol. The van der Waals surface area contributed by atoms with E-state index >= 15 is 0 Å². The first-order valence-electron chi connectivity index (χ1n) is 5.83. The number of hydrogen-bond donors (Lipinski definition) is 1. The molecule has 1 aliphatic rings. The van der Waals surface area contributed by atoms with Crippen molar-refractivity contribution in [1.29, 1.82) is 0 Å². The maximum atomic E-state index is 11.3. The van der Waals surface area contributed by atoms with E-state index in [2.05, 4.69) is 20.9 Å². The summed E-state index contributed by atoms with van der Waals surface area (Å²) in [5, 5.41) is 9.24. The van der Waals surface area contributed by atoms with Gasteiger partial charge in [0.1, 0.15) is 11.4 Å². The largest absolute Gasteiger partial charge is 0.478 e. The fourth-order valence-corrected chi connectivity index (χ4v) is 2.36. The van der Waals surface area contributed by atoms with Crippen molar-refractivity contribution in [2.75, 3.05) is 24.6 Å². The molecule has 0 spiro atoms. The van der Waals surface area contributed by atoms with Gasteiger partial charge >= 0.3 is 5.97 Å². The summed E-state index contributed by atoms with van der Waals surface area (Å²) in [5.74, 6) is -0.445. The van der Waals surface area contributed by atoms with Gasteiger partial charge in [-0.1, -0.05) is 0 Å². The summed E-state index contributed by atoms with van der Waals surface area (Å²) in [6, 6.07) is 1.58. The van der Waals surface area contributed by atoms with Crippen LogP contribution >= 0.6 is 15.9 Å². The van der Waals surface area contributed by atoms with E-state index in [1.807, 2.05) is 11.8 Å². The Labute approximate surface area is 114 Å². The summed E-state index contributed by atoms with van der Waals surface area (Å²) in [6.07, 6.45) is 2.58. The van der Waals surface area contributed by atoms with Gasteiger partial charge in [0.2, 0.25) is 0 Å². The van der Waals surface area contributed by atoms with Gasteiger partial charge in [-0.2, -0.15) is 0 Å². The predicted molar refractivity (Wildman–Crippen MR) is 71.1 cm³/mol. The van der Waals surface area contributed by atoms with Crippen LogP contribution in [0.15, 0.2) is 16.7 Å². The lowest BCUT2D eigenvalue weighted by atomic mass is 10.2. The Balaban J connectivity index is 2.33. The third-order valence-electron chi connectivity index (χ3n) is 2.82. The second-order valence-electron chi connectivity index (χ2n) is 4.31. The van der Waals surface area contributed by atoms with Gasteiger partial charge in [0.25, 0.3) is 0 Å². The molecule has 0 aliphatic carbocycles. The average molecular weight is 315 g/mol. The zero-order chi connectivity index (χ0) is 13.1. The van der Waals surface area contributed by atoms with E-state index < -0.39 is 5.97 Å². The van der Waals surface area contributed by atoms with Crippen LogP contribution in [0.4, 0.5) is 5.82 Å². The number of nitrogens with zero attached hydrogens (tertiary/aromatic N) is 2. The van der Waals surface area contributed by atoms with Crippen molar-refractivity contribution in [3.63, 3.8) is 0 Å². The SMILES string of the molecule is CC1CN(c2ncc(Br)cc2C(=O)O)CCCO1. The number of rotatable bonds is 2. The van der Waals surface area contributed by atoms with Crippen molar-refractivity contribution >= 4 is 27.7 Å². The highest BCUT2D eigenvalue weighted by Crippen LogP contribution is 2.23. The molecule has 18 heavy (non-hydrogen) atoms. The first kappa shape index (κ1) is 13.3. The number of carboxylic acid groups (broad SMARTS) is 1. The van der Waals surface area contributed by atoms with Crippen LogP contribution in [0.2, 0.25) is 0 Å². The summed E-state index contributed by atoms with van der Waals surface area (Å²) in [7, 11) is 0. The van der Waals surface area contributed by atoms with Crippen LogP contribution in [-0.4, -0.2) is 41.9 Å². The van der Waals surface area contributed by atoms with Crippen LogP contribution in [0.25, 0.3) is 0 Å². The molecule has 1 aromatic rings. The van der Waals surface area contributed by atoms with E-state index in [0.717, 1.165) is 13.0 Å². The molecule has 1 atom stereocenters. The summed E-state index contributed by atoms with van der Waals surface area (Å²) in [6.45, 7) is 4.11. The molecule has 0 bridgehead atoms. The minimum Gasteiger partial charge on any atom is -0.478 e.